The van der Waals surface area contributed by atoms with Gasteiger partial charge in [0.05, 0.1) is 6.04 Å². The van der Waals surface area contributed by atoms with Crippen molar-refractivity contribution in [1.29, 1.82) is 0 Å². The van der Waals surface area contributed by atoms with Crippen LogP contribution in [0.3, 0.4) is 0 Å². The van der Waals surface area contributed by atoms with E-state index in [9.17, 15) is 0 Å². The Hall–Kier alpha value is -1.06. The molecule has 3 heteroatoms. The zero-order valence-electron chi connectivity index (χ0n) is 13.0. The molecule has 0 spiro atoms. The Morgan fingerprint density at radius 3 is 2.33 bits per heavy atom. The van der Waals surface area contributed by atoms with Crippen molar-refractivity contribution in [2.24, 2.45) is 5.92 Å². The van der Waals surface area contributed by atoms with Crippen molar-refractivity contribution >= 4 is 15.9 Å². The molecule has 0 aliphatic heterocycles. The lowest BCUT2D eigenvalue weighted by atomic mass is 9.98. The quantitative estimate of drug-likeness (QED) is 0.730. The van der Waals surface area contributed by atoms with Crippen molar-refractivity contribution in [3.05, 3.63) is 58.0 Å². The van der Waals surface area contributed by atoms with E-state index >= 15 is 0 Å². The van der Waals surface area contributed by atoms with Crippen molar-refractivity contribution < 1.29 is 4.42 Å². The maximum absolute atomic E-state index is 5.75. The van der Waals surface area contributed by atoms with Gasteiger partial charge in [-0.25, -0.2) is 0 Å². The van der Waals surface area contributed by atoms with E-state index in [0.29, 0.717) is 5.92 Å². The summed E-state index contributed by atoms with van der Waals surface area (Å²) in [7, 11) is 0. The van der Waals surface area contributed by atoms with E-state index in [1.807, 2.05) is 12.1 Å². The molecule has 0 amide bonds. The molecule has 0 saturated carbocycles. The highest BCUT2D eigenvalue weighted by Gasteiger charge is 2.17. The second kappa shape index (κ2) is 7.81. The van der Waals surface area contributed by atoms with E-state index in [0.717, 1.165) is 29.8 Å². The van der Waals surface area contributed by atoms with E-state index in [1.165, 1.54) is 11.1 Å². The molecule has 0 bridgehead atoms. The van der Waals surface area contributed by atoms with Crippen molar-refractivity contribution in [2.75, 3.05) is 6.54 Å². The van der Waals surface area contributed by atoms with Crippen LogP contribution in [0.2, 0.25) is 0 Å². The Balaban J connectivity index is 2.20. The smallest absolute Gasteiger partial charge is 0.169 e. The van der Waals surface area contributed by atoms with Gasteiger partial charge in [0.2, 0.25) is 0 Å². The van der Waals surface area contributed by atoms with Gasteiger partial charge in [-0.15, -0.1) is 0 Å². The summed E-state index contributed by atoms with van der Waals surface area (Å²) in [4.78, 5) is 0. The second-order valence-corrected chi connectivity index (χ2v) is 6.65. The van der Waals surface area contributed by atoms with Crippen LogP contribution in [0.4, 0.5) is 0 Å². The Labute approximate surface area is 136 Å². The van der Waals surface area contributed by atoms with E-state index in [-0.39, 0.29) is 6.04 Å². The van der Waals surface area contributed by atoms with Gasteiger partial charge in [-0.3, -0.25) is 0 Å². The summed E-state index contributed by atoms with van der Waals surface area (Å²) in [6, 6.07) is 13.0. The molecule has 1 N–H and O–H groups in total. The molecular formula is C18H24BrNO. The number of hydrogen-bond donors (Lipinski definition) is 1. The Bertz CT molecular complexity index is 545. The average molecular weight is 350 g/mol. The Morgan fingerprint density at radius 2 is 1.81 bits per heavy atom. The van der Waals surface area contributed by atoms with Crippen molar-refractivity contribution in [1.82, 2.24) is 5.32 Å². The van der Waals surface area contributed by atoms with Crippen LogP contribution in [-0.4, -0.2) is 6.54 Å². The number of nitrogens with one attached hydrogen (secondary N) is 1. The summed E-state index contributed by atoms with van der Waals surface area (Å²) in [5, 5.41) is 3.56. The predicted molar refractivity (Wildman–Crippen MR) is 91.5 cm³/mol. The standard InChI is InChI=1S/C18H24BrNO/c1-4-11-20-18(16-9-10-17(19)21-16)15-7-5-14(6-8-15)12-13(2)3/h5-10,13,18,20H,4,11-12H2,1-3H3. The number of halogens is 1. The van der Waals surface area contributed by atoms with Crippen molar-refractivity contribution in [3.63, 3.8) is 0 Å². The lowest BCUT2D eigenvalue weighted by Gasteiger charge is -2.17. The Kier molecular flexibility index (Phi) is 6.07. The van der Waals surface area contributed by atoms with Gasteiger partial charge in [0.15, 0.2) is 4.67 Å². The minimum absolute atomic E-state index is 0.115. The fourth-order valence-electron chi connectivity index (χ4n) is 2.47. The minimum atomic E-state index is 0.115. The molecular weight excluding hydrogens is 326 g/mol. The third-order valence-electron chi connectivity index (χ3n) is 3.43. The summed E-state index contributed by atoms with van der Waals surface area (Å²) in [5.41, 5.74) is 2.64. The first-order chi connectivity index (χ1) is 10.1. The molecule has 0 radical (unpaired) electrons. The molecule has 0 saturated heterocycles. The molecule has 2 rings (SSSR count). The zero-order chi connectivity index (χ0) is 15.2. The second-order valence-electron chi connectivity index (χ2n) is 5.87. The monoisotopic (exact) mass is 349 g/mol. The summed E-state index contributed by atoms with van der Waals surface area (Å²) in [5.74, 6) is 1.64. The van der Waals surface area contributed by atoms with Crippen LogP contribution in [0.15, 0.2) is 45.5 Å². The molecule has 2 aromatic rings. The van der Waals surface area contributed by atoms with Crippen LogP contribution in [0, 0.1) is 5.92 Å². The van der Waals surface area contributed by atoms with Gasteiger partial charge in [-0.05, 0) is 64.5 Å². The molecule has 1 aromatic carbocycles. The van der Waals surface area contributed by atoms with Gasteiger partial charge in [-0.2, -0.15) is 0 Å². The van der Waals surface area contributed by atoms with Gasteiger partial charge in [0.1, 0.15) is 5.76 Å². The van der Waals surface area contributed by atoms with Crippen LogP contribution < -0.4 is 5.32 Å². The summed E-state index contributed by atoms with van der Waals surface area (Å²) in [6.45, 7) is 7.64. The molecule has 1 unspecified atom stereocenters. The van der Waals surface area contributed by atoms with E-state index in [1.54, 1.807) is 0 Å². The maximum Gasteiger partial charge on any atom is 0.169 e. The first kappa shape index (κ1) is 16.3. The predicted octanol–water partition coefficient (Wildman–Crippen LogP) is 5.33. The molecule has 2 nitrogen and oxygen atoms in total. The SMILES string of the molecule is CCCNC(c1ccc(CC(C)C)cc1)c1ccc(Br)o1. The fourth-order valence-corrected chi connectivity index (χ4v) is 2.79. The van der Waals surface area contributed by atoms with Crippen LogP contribution in [0.25, 0.3) is 0 Å². The fraction of sp³-hybridized carbons (Fsp3) is 0.444. The number of furan rings is 1. The third-order valence-corrected chi connectivity index (χ3v) is 3.86. The minimum Gasteiger partial charge on any atom is -0.452 e. The average Bonchev–Trinajstić information content (AvgIpc) is 2.87. The molecule has 1 heterocycles. The van der Waals surface area contributed by atoms with Gasteiger partial charge >= 0.3 is 0 Å². The van der Waals surface area contributed by atoms with Gasteiger partial charge in [-0.1, -0.05) is 45.0 Å². The summed E-state index contributed by atoms with van der Waals surface area (Å²) < 4.78 is 6.52. The largest absolute Gasteiger partial charge is 0.452 e. The van der Waals surface area contributed by atoms with Gasteiger partial charge in [0, 0.05) is 0 Å². The van der Waals surface area contributed by atoms with Gasteiger partial charge in [0.25, 0.3) is 0 Å². The lowest BCUT2D eigenvalue weighted by Crippen LogP contribution is -2.22. The number of rotatable bonds is 7. The van der Waals surface area contributed by atoms with E-state index in [2.05, 4.69) is 66.3 Å². The first-order valence-corrected chi connectivity index (χ1v) is 8.47. The van der Waals surface area contributed by atoms with Crippen LogP contribution >= 0.6 is 15.9 Å². The third kappa shape index (κ3) is 4.72. The van der Waals surface area contributed by atoms with E-state index in [4.69, 9.17) is 4.42 Å². The summed E-state index contributed by atoms with van der Waals surface area (Å²) >= 11 is 3.39. The van der Waals surface area contributed by atoms with Crippen LogP contribution in [0.1, 0.15) is 50.1 Å². The highest BCUT2D eigenvalue weighted by molar-refractivity contribution is 9.10. The number of hydrogen-bond acceptors (Lipinski definition) is 2. The molecule has 21 heavy (non-hydrogen) atoms. The topological polar surface area (TPSA) is 25.2 Å². The van der Waals surface area contributed by atoms with Crippen LogP contribution in [0.5, 0.6) is 0 Å². The highest BCUT2D eigenvalue weighted by atomic mass is 79.9. The van der Waals surface area contributed by atoms with E-state index < -0.39 is 0 Å². The summed E-state index contributed by atoms with van der Waals surface area (Å²) in [6.07, 6.45) is 2.23. The lowest BCUT2D eigenvalue weighted by molar-refractivity contribution is 0.433. The van der Waals surface area contributed by atoms with Crippen LogP contribution in [-0.2, 0) is 6.42 Å². The molecule has 0 aliphatic rings. The molecule has 114 valence electrons. The normalized spacial score (nSPS) is 12.8. The Morgan fingerprint density at radius 1 is 1.10 bits per heavy atom. The molecule has 1 aromatic heterocycles. The molecule has 0 aliphatic carbocycles. The maximum atomic E-state index is 5.75. The zero-order valence-corrected chi connectivity index (χ0v) is 14.6. The van der Waals surface area contributed by atoms with Crippen molar-refractivity contribution in [2.45, 2.75) is 39.7 Å². The number of benzene rings is 1. The van der Waals surface area contributed by atoms with Gasteiger partial charge < -0.3 is 9.73 Å². The first-order valence-electron chi connectivity index (χ1n) is 7.67. The highest BCUT2D eigenvalue weighted by Crippen LogP contribution is 2.26. The molecule has 1 atom stereocenters. The van der Waals surface area contributed by atoms with Crippen molar-refractivity contribution in [3.8, 4) is 0 Å². The molecule has 0 fully saturated rings.